The van der Waals surface area contributed by atoms with Crippen molar-refractivity contribution >= 4 is 52.3 Å². The summed E-state index contributed by atoms with van der Waals surface area (Å²) in [6, 6.07) is 20.6. The van der Waals surface area contributed by atoms with Crippen LogP contribution < -0.4 is 32.3 Å². The van der Waals surface area contributed by atoms with Gasteiger partial charge in [-0.15, -0.1) is 0 Å². The van der Waals surface area contributed by atoms with Crippen molar-refractivity contribution in [3.8, 4) is 0 Å². The summed E-state index contributed by atoms with van der Waals surface area (Å²) in [5, 5.41) is 14.7. The van der Waals surface area contributed by atoms with Crippen molar-refractivity contribution in [3.05, 3.63) is 102 Å². The molecule has 3 aromatic carbocycles. The lowest BCUT2D eigenvalue weighted by Crippen LogP contribution is -2.55. The number of likely N-dealkylation sites (N-methyl/N-ethyl adjacent to an activating group) is 1. The van der Waals surface area contributed by atoms with Gasteiger partial charge in [0.1, 0.15) is 23.7 Å². The van der Waals surface area contributed by atoms with Crippen LogP contribution in [0.3, 0.4) is 0 Å². The third-order valence-corrected chi connectivity index (χ3v) is 9.33. The highest BCUT2D eigenvalue weighted by Crippen LogP contribution is 2.20. The van der Waals surface area contributed by atoms with Gasteiger partial charge in [-0.05, 0) is 75.8 Å². The Balaban J connectivity index is 1.45. The maximum atomic E-state index is 14.1. The molecule has 8 N–H and O–H groups in total. The van der Waals surface area contributed by atoms with Crippen LogP contribution >= 0.6 is 0 Å². The second-order valence-electron chi connectivity index (χ2n) is 15.2. The number of unbranched alkanes of at least 4 members (excludes halogenated alkanes) is 1. The molecule has 4 rings (SSSR count). The highest BCUT2D eigenvalue weighted by atomic mass is 16.6. The van der Waals surface area contributed by atoms with Gasteiger partial charge in [-0.3, -0.25) is 19.2 Å². The van der Waals surface area contributed by atoms with Crippen LogP contribution in [0.2, 0.25) is 0 Å². The number of anilines is 1. The van der Waals surface area contributed by atoms with Crippen molar-refractivity contribution < 1.29 is 33.5 Å². The zero-order valence-corrected chi connectivity index (χ0v) is 33.9. The first-order valence-corrected chi connectivity index (χ1v) is 19.4. The third-order valence-electron chi connectivity index (χ3n) is 9.33. The summed E-state index contributed by atoms with van der Waals surface area (Å²) >= 11 is 0. The number of benzene rings is 3. The van der Waals surface area contributed by atoms with Crippen LogP contribution in [0.15, 0.2) is 85.1 Å². The van der Waals surface area contributed by atoms with E-state index in [1.165, 1.54) is 11.9 Å². The fourth-order valence-electron chi connectivity index (χ4n) is 6.25. The molecule has 58 heavy (non-hydrogen) atoms. The van der Waals surface area contributed by atoms with Crippen molar-refractivity contribution in [1.29, 1.82) is 0 Å². The van der Waals surface area contributed by atoms with Gasteiger partial charge in [-0.25, -0.2) is 9.59 Å². The number of nitrogens with one attached hydrogen (secondary N) is 6. The molecule has 4 aromatic rings. The van der Waals surface area contributed by atoms with E-state index in [1.807, 2.05) is 79.7 Å². The lowest BCUT2D eigenvalue weighted by atomic mass is 10.0. The Morgan fingerprint density at radius 1 is 0.810 bits per heavy atom. The van der Waals surface area contributed by atoms with Crippen LogP contribution in [0.5, 0.6) is 0 Å². The molecule has 7 amide bonds. The second kappa shape index (κ2) is 21.2. The fourth-order valence-corrected chi connectivity index (χ4v) is 6.25. The summed E-state index contributed by atoms with van der Waals surface area (Å²) in [6.07, 6.45) is 2.25. The van der Waals surface area contributed by atoms with Gasteiger partial charge in [0.05, 0.1) is 0 Å². The number of hydrogen-bond acceptors (Lipinski definition) is 7. The number of fused-ring (bicyclic) bond motifs is 1. The number of rotatable bonds is 19. The summed E-state index contributed by atoms with van der Waals surface area (Å²) in [4.78, 5) is 83.3. The number of para-hydroxylation sites is 2. The number of nitrogens with two attached hydrogens (primary N) is 1. The van der Waals surface area contributed by atoms with Crippen molar-refractivity contribution in [3.63, 3.8) is 0 Å². The normalized spacial score (nSPS) is 12.7. The Labute approximate surface area is 339 Å². The fraction of sp³-hybridized carbons (Fsp3) is 0.395. The van der Waals surface area contributed by atoms with E-state index in [0.717, 1.165) is 27.6 Å². The van der Waals surface area contributed by atoms with E-state index in [2.05, 4.69) is 31.6 Å². The van der Waals surface area contributed by atoms with Gasteiger partial charge < -0.3 is 46.9 Å². The largest absolute Gasteiger partial charge is 0.444 e. The van der Waals surface area contributed by atoms with Gasteiger partial charge >= 0.3 is 12.1 Å². The lowest BCUT2D eigenvalue weighted by molar-refractivity contribution is -0.136. The molecule has 0 spiro atoms. The third kappa shape index (κ3) is 14.3. The molecule has 0 fully saturated rings. The Kier molecular flexibility index (Phi) is 16.2. The zero-order chi connectivity index (χ0) is 42.2. The molecule has 1 aromatic heterocycles. The molecule has 1 heterocycles. The summed E-state index contributed by atoms with van der Waals surface area (Å²) < 4.78 is 5.48. The zero-order valence-electron chi connectivity index (χ0n) is 33.9. The number of alkyl carbamates (subject to hydrolysis) is 1. The van der Waals surface area contributed by atoms with Gasteiger partial charge in [0, 0.05) is 62.2 Å². The number of carbonyl (C=O) groups is 6. The van der Waals surface area contributed by atoms with E-state index in [0.29, 0.717) is 25.1 Å². The predicted molar refractivity (Wildman–Crippen MR) is 223 cm³/mol. The number of primary amides is 1. The number of H-pyrrole nitrogens is 1. The maximum absolute atomic E-state index is 14.1. The highest BCUT2D eigenvalue weighted by molar-refractivity contribution is 5.93. The van der Waals surface area contributed by atoms with Gasteiger partial charge in [0.15, 0.2) is 0 Å². The molecule has 0 radical (unpaired) electrons. The molecule has 0 aliphatic heterocycles. The number of nitrogens with zero attached hydrogens (tertiary/aromatic N) is 1. The van der Waals surface area contributed by atoms with Crippen molar-refractivity contribution in [1.82, 2.24) is 31.2 Å². The standard InChI is InChI=1S/C43H56N8O7/c1-28-15-9-11-19-32(28)49-41(56)45-23-14-13-21-34(40(55)51(5)24-22-37(52)47-35(38(44)53)25-29-16-7-6-8-17-29)48-39(54)36(50-42(57)58-43(2,3)4)26-30-27-46-33-20-12-10-18-31(30)33/h6-12,15-20,27,34-36,46H,13-14,21-26H2,1-5H3,(H2,44,53)(H,47,52)(H,48,54)(H,50,57)(H2,45,49,56)/t34-,35?,36?/m0/s1. The molecule has 0 aliphatic carbocycles. The molecule has 2 unspecified atom stereocenters. The van der Waals surface area contributed by atoms with Crippen LogP contribution in [0.4, 0.5) is 15.3 Å². The average molecular weight is 797 g/mol. The molecule has 3 atom stereocenters. The first-order chi connectivity index (χ1) is 27.6. The molecule has 0 saturated heterocycles. The predicted octanol–water partition coefficient (Wildman–Crippen LogP) is 4.45. The van der Waals surface area contributed by atoms with Crippen molar-refractivity contribution in [2.45, 2.75) is 89.9 Å². The Bertz CT molecular complexity index is 2030. The van der Waals surface area contributed by atoms with Gasteiger partial charge in [0.2, 0.25) is 23.6 Å². The van der Waals surface area contributed by atoms with Crippen molar-refractivity contribution in [2.75, 3.05) is 25.5 Å². The molecule has 0 saturated carbocycles. The first kappa shape index (κ1) is 44.3. The van der Waals surface area contributed by atoms with E-state index >= 15 is 0 Å². The number of ether oxygens (including phenoxy) is 1. The van der Waals surface area contributed by atoms with Crippen LogP contribution in [0, 0.1) is 6.92 Å². The van der Waals surface area contributed by atoms with E-state index in [4.69, 9.17) is 10.5 Å². The van der Waals surface area contributed by atoms with E-state index in [9.17, 15) is 28.8 Å². The first-order valence-electron chi connectivity index (χ1n) is 19.4. The number of amides is 7. The molecule has 15 heteroatoms. The lowest BCUT2D eigenvalue weighted by Gasteiger charge is -2.27. The minimum absolute atomic E-state index is 0.0244. The summed E-state index contributed by atoms with van der Waals surface area (Å²) in [7, 11) is 1.52. The number of carbonyl (C=O) groups excluding carboxylic acids is 6. The Morgan fingerprint density at radius 3 is 2.21 bits per heavy atom. The van der Waals surface area contributed by atoms with Gasteiger partial charge in [-0.2, -0.15) is 0 Å². The quantitative estimate of drug-likeness (QED) is 0.0676. The van der Waals surface area contributed by atoms with Gasteiger partial charge in [0.25, 0.3) is 0 Å². The molecular weight excluding hydrogens is 741 g/mol. The number of hydrogen-bond donors (Lipinski definition) is 7. The van der Waals surface area contributed by atoms with Crippen LogP contribution in [-0.4, -0.2) is 89.5 Å². The number of aryl methyl sites for hydroxylation is 1. The summed E-state index contributed by atoms with van der Waals surface area (Å²) in [5.74, 6) is -2.24. The minimum atomic E-state index is -1.12. The number of urea groups is 1. The molecule has 0 aliphatic rings. The number of aromatic nitrogens is 1. The Morgan fingerprint density at radius 2 is 1.50 bits per heavy atom. The second-order valence-corrected chi connectivity index (χ2v) is 15.2. The van der Waals surface area contributed by atoms with Gasteiger partial charge in [-0.1, -0.05) is 66.7 Å². The van der Waals surface area contributed by atoms with E-state index in [-0.39, 0.29) is 38.3 Å². The smallest absolute Gasteiger partial charge is 0.408 e. The highest BCUT2D eigenvalue weighted by Gasteiger charge is 2.31. The monoisotopic (exact) mass is 796 g/mol. The SMILES string of the molecule is Cc1ccccc1NC(=O)NCCCC[C@H](NC(=O)C(Cc1c[nH]c2ccccc12)NC(=O)OC(C)(C)C)C(=O)N(C)CCC(=O)NC(Cc1ccccc1)C(N)=O. The average Bonchev–Trinajstić information content (AvgIpc) is 3.58. The van der Waals surface area contributed by atoms with Crippen LogP contribution in [-0.2, 0) is 36.8 Å². The summed E-state index contributed by atoms with van der Waals surface area (Å²) in [5.41, 5.74) is 8.81. The van der Waals surface area contributed by atoms with E-state index < -0.39 is 53.4 Å². The molecule has 0 bridgehead atoms. The van der Waals surface area contributed by atoms with Crippen molar-refractivity contribution in [2.24, 2.45) is 5.73 Å². The van der Waals surface area contributed by atoms with E-state index in [1.54, 1.807) is 33.0 Å². The summed E-state index contributed by atoms with van der Waals surface area (Å²) in [6.45, 7) is 7.31. The Hall–Kier alpha value is -6.38. The minimum Gasteiger partial charge on any atom is -0.444 e. The molecule has 310 valence electrons. The molecular formula is C43H56N8O7. The maximum Gasteiger partial charge on any atom is 0.408 e. The number of aromatic amines is 1. The topological polar surface area (TPSA) is 217 Å². The molecule has 15 nitrogen and oxygen atoms in total. The van der Waals surface area contributed by atoms with Crippen LogP contribution in [0.25, 0.3) is 10.9 Å². The van der Waals surface area contributed by atoms with Crippen LogP contribution in [0.1, 0.15) is 63.1 Å².